The first-order valence-corrected chi connectivity index (χ1v) is 10.6. The molecule has 2 aromatic rings. The average Bonchev–Trinajstić information content (AvgIpc) is 3.27. The highest BCUT2D eigenvalue weighted by Crippen LogP contribution is 2.51. The van der Waals surface area contributed by atoms with Crippen LogP contribution < -0.4 is 0 Å². The molecule has 1 saturated heterocycles. The van der Waals surface area contributed by atoms with Gasteiger partial charge in [0, 0.05) is 12.1 Å². The topological polar surface area (TPSA) is 3.24 Å². The lowest BCUT2D eigenvalue weighted by molar-refractivity contribution is -0.137. The normalized spacial score (nSPS) is 25.7. The molecule has 2 fully saturated rings. The molecule has 1 nitrogen and oxygen atoms in total. The molecule has 2 unspecified atom stereocenters. The van der Waals surface area contributed by atoms with E-state index in [9.17, 15) is 13.2 Å². The van der Waals surface area contributed by atoms with E-state index in [1.165, 1.54) is 61.8 Å². The summed E-state index contributed by atoms with van der Waals surface area (Å²) in [5.41, 5.74) is 3.11. The maximum Gasteiger partial charge on any atom is 0.417 e. The quantitative estimate of drug-likeness (QED) is 0.541. The van der Waals surface area contributed by atoms with Crippen molar-refractivity contribution in [2.24, 2.45) is 0 Å². The van der Waals surface area contributed by atoms with Gasteiger partial charge in [-0.1, -0.05) is 43.2 Å². The van der Waals surface area contributed by atoms with Gasteiger partial charge in [0.2, 0.25) is 0 Å². The number of hydrogen-bond donors (Lipinski definition) is 0. The fourth-order valence-corrected chi connectivity index (χ4v) is 5.84. The Labute approximate surface area is 164 Å². The molecule has 2 atom stereocenters. The summed E-state index contributed by atoms with van der Waals surface area (Å²) in [6.07, 6.45) is 4.39. The Morgan fingerprint density at radius 2 is 1.64 bits per heavy atom. The van der Waals surface area contributed by atoms with Crippen LogP contribution in [-0.2, 0) is 6.18 Å². The summed E-state index contributed by atoms with van der Waals surface area (Å²) in [4.78, 5) is 2.69. The van der Waals surface area contributed by atoms with Gasteiger partial charge in [0.1, 0.15) is 0 Å². The zero-order valence-corrected chi connectivity index (χ0v) is 16.0. The summed E-state index contributed by atoms with van der Waals surface area (Å²) in [5, 5.41) is 0. The second kappa shape index (κ2) is 6.91. The molecule has 1 aliphatic heterocycles. The predicted octanol–water partition coefficient (Wildman–Crippen LogP) is 6.94. The lowest BCUT2D eigenvalue weighted by Crippen LogP contribution is -2.36. The van der Waals surface area contributed by atoms with Crippen molar-refractivity contribution < 1.29 is 13.2 Å². The van der Waals surface area contributed by atoms with Gasteiger partial charge in [0.15, 0.2) is 0 Å². The smallest absolute Gasteiger partial charge is 0.293 e. The van der Waals surface area contributed by atoms with Gasteiger partial charge in [-0.05, 0) is 79.0 Å². The van der Waals surface area contributed by atoms with Gasteiger partial charge >= 0.3 is 6.18 Å². The van der Waals surface area contributed by atoms with E-state index in [0.29, 0.717) is 29.1 Å². The monoisotopic (exact) mass is 385 g/mol. The van der Waals surface area contributed by atoms with Gasteiger partial charge in [0.05, 0.1) is 5.56 Å². The molecule has 2 aliphatic carbocycles. The summed E-state index contributed by atoms with van der Waals surface area (Å²) in [6.45, 7) is 1.13. The van der Waals surface area contributed by atoms with Gasteiger partial charge in [0.25, 0.3) is 0 Å². The van der Waals surface area contributed by atoms with E-state index in [4.69, 9.17) is 0 Å². The van der Waals surface area contributed by atoms with Crippen LogP contribution in [0, 0.1) is 0 Å². The van der Waals surface area contributed by atoms with E-state index < -0.39 is 11.7 Å². The first-order valence-electron chi connectivity index (χ1n) is 10.6. The number of fused-ring (bicyclic) bond motifs is 5. The molecule has 4 heteroatoms. The van der Waals surface area contributed by atoms with Crippen LogP contribution in [0.15, 0.2) is 42.5 Å². The number of rotatable bonds is 2. The van der Waals surface area contributed by atoms with Crippen LogP contribution >= 0.6 is 0 Å². The van der Waals surface area contributed by atoms with Crippen molar-refractivity contribution in [2.45, 2.75) is 69.1 Å². The number of halogens is 3. The van der Waals surface area contributed by atoms with Crippen molar-refractivity contribution in [3.05, 3.63) is 59.2 Å². The summed E-state index contributed by atoms with van der Waals surface area (Å²) in [7, 11) is 0. The number of hydrogen-bond acceptors (Lipinski definition) is 1. The van der Waals surface area contributed by atoms with Crippen LogP contribution in [0.25, 0.3) is 11.1 Å². The van der Waals surface area contributed by atoms with E-state index in [2.05, 4.69) is 17.0 Å². The third kappa shape index (κ3) is 3.06. The van der Waals surface area contributed by atoms with Crippen LogP contribution in [0.1, 0.15) is 73.6 Å². The molecule has 0 radical (unpaired) electrons. The van der Waals surface area contributed by atoms with E-state index in [1.54, 1.807) is 12.1 Å². The maximum atomic E-state index is 13.5. The van der Waals surface area contributed by atoms with Crippen LogP contribution in [0.3, 0.4) is 0 Å². The molecule has 28 heavy (non-hydrogen) atoms. The summed E-state index contributed by atoms with van der Waals surface area (Å²) >= 11 is 0. The fraction of sp³-hybridized carbons (Fsp3) is 0.500. The van der Waals surface area contributed by atoms with Crippen molar-refractivity contribution >= 4 is 0 Å². The minimum absolute atomic E-state index is 0.296. The van der Waals surface area contributed by atoms with E-state index in [1.807, 2.05) is 6.07 Å². The first kappa shape index (κ1) is 18.2. The van der Waals surface area contributed by atoms with Crippen molar-refractivity contribution in [1.29, 1.82) is 0 Å². The lowest BCUT2D eigenvalue weighted by atomic mass is 9.92. The number of likely N-dealkylation sites (tertiary alicyclic amines) is 1. The van der Waals surface area contributed by atoms with Crippen molar-refractivity contribution in [3.63, 3.8) is 0 Å². The molecule has 2 bridgehead atoms. The zero-order valence-electron chi connectivity index (χ0n) is 16.0. The standard InChI is InChI=1S/C24H26F3N/c25-24(26,27)22-10-4-3-9-20(22)17-11-12-19-16-6-5-13-28(18-7-1-2-8-18)23(15-16)21(19)14-17/h3-4,9-12,14,16,18,23H,1-2,5-8,13,15H2. The molecule has 3 aliphatic rings. The number of nitrogens with zero attached hydrogens (tertiary/aromatic N) is 1. The van der Waals surface area contributed by atoms with Crippen molar-refractivity contribution in [3.8, 4) is 11.1 Å². The van der Waals surface area contributed by atoms with Gasteiger partial charge in [-0.3, -0.25) is 4.90 Å². The number of benzene rings is 2. The molecule has 0 aromatic heterocycles. The first-order chi connectivity index (χ1) is 13.5. The zero-order chi connectivity index (χ0) is 19.3. The third-order valence-electron chi connectivity index (χ3n) is 7.10. The molecule has 0 amide bonds. The maximum absolute atomic E-state index is 13.5. The Kier molecular flexibility index (Phi) is 4.50. The molecular formula is C24H26F3N. The Hall–Kier alpha value is -1.81. The Morgan fingerprint density at radius 1 is 0.857 bits per heavy atom. The molecule has 0 N–H and O–H groups in total. The summed E-state index contributed by atoms with van der Waals surface area (Å²) in [6, 6.07) is 13.1. The van der Waals surface area contributed by atoms with Crippen LogP contribution in [0.5, 0.6) is 0 Å². The highest BCUT2D eigenvalue weighted by Gasteiger charge is 2.40. The van der Waals surface area contributed by atoms with E-state index in [-0.39, 0.29) is 0 Å². The van der Waals surface area contributed by atoms with Gasteiger partial charge in [-0.25, -0.2) is 0 Å². The minimum atomic E-state index is -4.33. The third-order valence-corrected chi connectivity index (χ3v) is 7.10. The van der Waals surface area contributed by atoms with Gasteiger partial charge in [-0.2, -0.15) is 13.2 Å². The Balaban J connectivity index is 1.57. The van der Waals surface area contributed by atoms with Crippen molar-refractivity contribution in [1.82, 2.24) is 4.90 Å². The van der Waals surface area contributed by atoms with Crippen LogP contribution in [0.2, 0.25) is 0 Å². The summed E-state index contributed by atoms with van der Waals surface area (Å²) in [5.74, 6) is 0.568. The second-order valence-electron chi connectivity index (χ2n) is 8.65. The largest absolute Gasteiger partial charge is 0.417 e. The van der Waals surface area contributed by atoms with Gasteiger partial charge in [-0.15, -0.1) is 0 Å². The highest BCUT2D eigenvalue weighted by molar-refractivity contribution is 5.70. The van der Waals surface area contributed by atoms with Crippen molar-refractivity contribution in [2.75, 3.05) is 6.54 Å². The SMILES string of the molecule is FC(F)(F)c1ccccc1-c1ccc2c(c1)C1CC2CCCN1C1CCCC1. The highest BCUT2D eigenvalue weighted by atomic mass is 19.4. The molecule has 2 aromatic carbocycles. The molecular weight excluding hydrogens is 359 g/mol. The van der Waals surface area contributed by atoms with Crippen LogP contribution in [-0.4, -0.2) is 17.5 Å². The fourth-order valence-electron chi connectivity index (χ4n) is 5.84. The van der Waals surface area contributed by atoms with Crippen LogP contribution in [0.4, 0.5) is 13.2 Å². The Bertz CT molecular complexity index is 866. The predicted molar refractivity (Wildman–Crippen MR) is 105 cm³/mol. The molecule has 148 valence electrons. The van der Waals surface area contributed by atoms with E-state index in [0.717, 1.165) is 13.0 Å². The molecule has 5 rings (SSSR count). The lowest BCUT2D eigenvalue weighted by Gasteiger charge is -2.34. The van der Waals surface area contributed by atoms with E-state index >= 15 is 0 Å². The minimum Gasteiger partial charge on any atom is -0.293 e. The Morgan fingerprint density at radius 3 is 2.43 bits per heavy atom. The summed E-state index contributed by atoms with van der Waals surface area (Å²) < 4.78 is 40.6. The molecule has 1 heterocycles. The second-order valence-corrected chi connectivity index (χ2v) is 8.65. The number of alkyl halides is 3. The van der Waals surface area contributed by atoms with Gasteiger partial charge < -0.3 is 0 Å². The molecule has 1 saturated carbocycles. The average molecular weight is 385 g/mol. The molecule has 0 spiro atoms.